The summed E-state index contributed by atoms with van der Waals surface area (Å²) in [6.45, 7) is 7.59. The number of ether oxygens (including phenoxy) is 2. The van der Waals surface area contributed by atoms with E-state index < -0.39 is 0 Å². The Morgan fingerprint density at radius 1 is 1.11 bits per heavy atom. The van der Waals surface area contributed by atoms with Gasteiger partial charge in [0.2, 0.25) is 5.91 Å². The summed E-state index contributed by atoms with van der Waals surface area (Å²) >= 11 is 0. The van der Waals surface area contributed by atoms with Crippen molar-refractivity contribution in [2.75, 3.05) is 39.4 Å². The molecule has 5 heteroatoms. The van der Waals surface area contributed by atoms with E-state index in [1.54, 1.807) is 0 Å². The van der Waals surface area contributed by atoms with Gasteiger partial charge in [0.25, 0.3) is 0 Å². The van der Waals surface area contributed by atoms with Crippen molar-refractivity contribution in [1.29, 1.82) is 0 Å². The number of carbonyl (C=O) groups excluding carboxylic acids is 1. The molecule has 0 N–H and O–H groups in total. The third-order valence-electron chi connectivity index (χ3n) is 5.55. The predicted molar refractivity (Wildman–Crippen MR) is 109 cm³/mol. The van der Waals surface area contributed by atoms with Crippen molar-refractivity contribution in [3.05, 3.63) is 59.2 Å². The number of piperazine rings is 1. The topological polar surface area (TPSA) is 42.0 Å². The standard InChI is InChI=1S/C23H28N2O3/c1-18-4-2-3-5-21(18)27-15-9-23(26)25-12-10-24(11-13-25)17-19-6-7-22-20(16-19)8-14-28-22/h2-7,16H,8-15,17H2,1H3. The van der Waals surface area contributed by atoms with Crippen molar-refractivity contribution in [3.8, 4) is 11.5 Å². The Bertz CT molecular complexity index is 828. The summed E-state index contributed by atoms with van der Waals surface area (Å²) in [7, 11) is 0. The van der Waals surface area contributed by atoms with E-state index in [9.17, 15) is 4.79 Å². The highest BCUT2D eigenvalue weighted by molar-refractivity contribution is 5.76. The van der Waals surface area contributed by atoms with E-state index in [1.165, 1.54) is 11.1 Å². The second-order valence-corrected chi connectivity index (χ2v) is 7.56. The molecule has 0 aliphatic carbocycles. The Kier molecular flexibility index (Phi) is 5.81. The Balaban J connectivity index is 1.20. The molecule has 2 heterocycles. The van der Waals surface area contributed by atoms with Crippen molar-refractivity contribution in [2.45, 2.75) is 26.3 Å². The fourth-order valence-corrected chi connectivity index (χ4v) is 3.88. The average molecular weight is 380 g/mol. The molecule has 4 rings (SSSR count). The number of carbonyl (C=O) groups is 1. The fourth-order valence-electron chi connectivity index (χ4n) is 3.88. The minimum atomic E-state index is 0.183. The van der Waals surface area contributed by atoms with Crippen LogP contribution in [-0.4, -0.2) is 55.1 Å². The molecule has 148 valence electrons. The van der Waals surface area contributed by atoms with Crippen LogP contribution in [0.5, 0.6) is 11.5 Å². The molecule has 2 aromatic carbocycles. The van der Waals surface area contributed by atoms with E-state index >= 15 is 0 Å². The molecule has 0 saturated carbocycles. The lowest BCUT2D eigenvalue weighted by atomic mass is 10.1. The van der Waals surface area contributed by atoms with Crippen molar-refractivity contribution in [2.24, 2.45) is 0 Å². The van der Waals surface area contributed by atoms with Gasteiger partial charge in [-0.1, -0.05) is 30.3 Å². The minimum absolute atomic E-state index is 0.183. The van der Waals surface area contributed by atoms with Gasteiger partial charge >= 0.3 is 0 Å². The van der Waals surface area contributed by atoms with Crippen molar-refractivity contribution in [3.63, 3.8) is 0 Å². The molecule has 1 amide bonds. The summed E-state index contributed by atoms with van der Waals surface area (Å²) in [4.78, 5) is 16.9. The molecular formula is C23H28N2O3. The molecule has 1 fully saturated rings. The fraction of sp³-hybridized carbons (Fsp3) is 0.435. The summed E-state index contributed by atoms with van der Waals surface area (Å²) in [6, 6.07) is 14.4. The quantitative estimate of drug-likeness (QED) is 0.773. The number of aryl methyl sites for hydroxylation is 1. The van der Waals surface area contributed by atoms with E-state index in [0.29, 0.717) is 13.0 Å². The molecule has 0 unspecified atom stereocenters. The molecule has 0 radical (unpaired) electrons. The number of rotatable bonds is 6. The molecule has 1 saturated heterocycles. The Morgan fingerprint density at radius 2 is 1.93 bits per heavy atom. The first-order valence-corrected chi connectivity index (χ1v) is 10.1. The van der Waals surface area contributed by atoms with Crippen LogP contribution in [0.2, 0.25) is 0 Å². The molecule has 0 atom stereocenters. The molecule has 2 aromatic rings. The molecule has 0 aromatic heterocycles. The number of fused-ring (bicyclic) bond motifs is 1. The number of amides is 1. The molecule has 5 nitrogen and oxygen atoms in total. The number of benzene rings is 2. The largest absolute Gasteiger partial charge is 0.493 e. The molecule has 28 heavy (non-hydrogen) atoms. The maximum absolute atomic E-state index is 12.5. The molecule has 2 aliphatic heterocycles. The van der Waals surface area contributed by atoms with Crippen molar-refractivity contribution >= 4 is 5.91 Å². The highest BCUT2D eigenvalue weighted by Gasteiger charge is 2.21. The third-order valence-corrected chi connectivity index (χ3v) is 5.55. The van der Waals surface area contributed by atoms with E-state index in [1.807, 2.05) is 36.1 Å². The lowest BCUT2D eigenvalue weighted by Crippen LogP contribution is -2.48. The third kappa shape index (κ3) is 4.47. The highest BCUT2D eigenvalue weighted by atomic mass is 16.5. The van der Waals surface area contributed by atoms with E-state index in [2.05, 4.69) is 23.1 Å². The van der Waals surface area contributed by atoms with Crippen LogP contribution in [-0.2, 0) is 17.8 Å². The lowest BCUT2D eigenvalue weighted by molar-refractivity contribution is -0.133. The van der Waals surface area contributed by atoms with Gasteiger partial charge in [-0.15, -0.1) is 0 Å². The van der Waals surface area contributed by atoms with Crippen LogP contribution in [0.4, 0.5) is 0 Å². The maximum atomic E-state index is 12.5. The summed E-state index contributed by atoms with van der Waals surface area (Å²) < 4.78 is 11.3. The second kappa shape index (κ2) is 8.65. The van der Waals surface area contributed by atoms with E-state index in [0.717, 1.165) is 62.8 Å². The van der Waals surface area contributed by atoms with Gasteiger partial charge in [0.05, 0.1) is 19.6 Å². The van der Waals surface area contributed by atoms with Crippen LogP contribution in [0, 0.1) is 6.92 Å². The zero-order valence-corrected chi connectivity index (χ0v) is 16.5. The Hall–Kier alpha value is -2.53. The van der Waals surface area contributed by atoms with E-state index in [-0.39, 0.29) is 5.91 Å². The Labute approximate surface area is 166 Å². The van der Waals surface area contributed by atoms with Crippen LogP contribution < -0.4 is 9.47 Å². The number of hydrogen-bond donors (Lipinski definition) is 0. The number of para-hydroxylation sites is 1. The zero-order chi connectivity index (χ0) is 19.3. The van der Waals surface area contributed by atoms with E-state index in [4.69, 9.17) is 9.47 Å². The van der Waals surface area contributed by atoms with Gasteiger partial charge in [-0.05, 0) is 35.7 Å². The van der Waals surface area contributed by atoms with Gasteiger partial charge in [-0.25, -0.2) is 0 Å². The smallest absolute Gasteiger partial charge is 0.226 e. The van der Waals surface area contributed by atoms with Gasteiger partial charge in [-0.2, -0.15) is 0 Å². The van der Waals surface area contributed by atoms with Crippen LogP contribution in [0.25, 0.3) is 0 Å². The normalized spacial score (nSPS) is 16.5. The van der Waals surface area contributed by atoms with Gasteiger partial charge < -0.3 is 14.4 Å². The maximum Gasteiger partial charge on any atom is 0.226 e. The summed E-state index contributed by atoms with van der Waals surface area (Å²) in [5, 5.41) is 0. The lowest BCUT2D eigenvalue weighted by Gasteiger charge is -2.34. The van der Waals surface area contributed by atoms with Crippen LogP contribution in [0.1, 0.15) is 23.1 Å². The van der Waals surface area contributed by atoms with Crippen LogP contribution in [0.3, 0.4) is 0 Å². The molecule has 0 bridgehead atoms. The predicted octanol–water partition coefficient (Wildman–Crippen LogP) is 3.04. The summed E-state index contributed by atoms with van der Waals surface area (Å²) in [6.07, 6.45) is 1.44. The molecular weight excluding hydrogens is 352 g/mol. The first kappa shape index (κ1) is 18.8. The van der Waals surface area contributed by atoms with Crippen LogP contribution in [0.15, 0.2) is 42.5 Å². The number of nitrogens with zero attached hydrogens (tertiary/aromatic N) is 2. The average Bonchev–Trinajstić information content (AvgIpc) is 3.18. The minimum Gasteiger partial charge on any atom is -0.493 e. The summed E-state index contributed by atoms with van der Waals surface area (Å²) in [5.74, 6) is 2.08. The van der Waals surface area contributed by atoms with Gasteiger partial charge in [0, 0.05) is 39.1 Å². The monoisotopic (exact) mass is 380 g/mol. The highest BCUT2D eigenvalue weighted by Crippen LogP contribution is 2.26. The van der Waals surface area contributed by atoms with Gasteiger partial charge in [0.15, 0.2) is 0 Å². The van der Waals surface area contributed by atoms with Crippen molar-refractivity contribution < 1.29 is 14.3 Å². The van der Waals surface area contributed by atoms with Gasteiger partial charge in [0.1, 0.15) is 11.5 Å². The summed E-state index contributed by atoms with van der Waals surface area (Å²) in [5.41, 5.74) is 3.75. The first-order valence-electron chi connectivity index (χ1n) is 10.1. The van der Waals surface area contributed by atoms with Crippen molar-refractivity contribution in [1.82, 2.24) is 9.80 Å². The van der Waals surface area contributed by atoms with Crippen LogP contribution >= 0.6 is 0 Å². The zero-order valence-electron chi connectivity index (χ0n) is 16.5. The number of hydrogen-bond acceptors (Lipinski definition) is 4. The first-order chi connectivity index (χ1) is 13.7. The SMILES string of the molecule is Cc1ccccc1OCCC(=O)N1CCN(Cc2ccc3c(c2)CCO3)CC1. The van der Waals surface area contributed by atoms with Gasteiger partial charge in [-0.3, -0.25) is 9.69 Å². The molecule has 2 aliphatic rings. The second-order valence-electron chi connectivity index (χ2n) is 7.56. The molecule has 0 spiro atoms. The Morgan fingerprint density at radius 3 is 2.75 bits per heavy atom.